The lowest BCUT2D eigenvalue weighted by molar-refractivity contribution is -0.135. The molecule has 1 aromatic rings. The van der Waals surface area contributed by atoms with Crippen LogP contribution in [0.15, 0.2) is 18.2 Å². The molecule has 2 N–H and O–H groups in total. The zero-order valence-corrected chi connectivity index (χ0v) is 10.8. The lowest BCUT2D eigenvalue weighted by Crippen LogP contribution is -2.27. The average molecular weight is 295 g/mol. The smallest absolute Gasteiger partial charge is 0.312 e. The molecule has 7 nitrogen and oxygen atoms in total. The van der Waals surface area contributed by atoms with Gasteiger partial charge in [-0.2, -0.15) is 0 Å². The van der Waals surface area contributed by atoms with Crippen LogP contribution in [0.2, 0.25) is 0 Å². The molecular weight excluding hydrogens is 286 g/mol. The second kappa shape index (κ2) is 5.74. The van der Waals surface area contributed by atoms with Crippen LogP contribution in [0.5, 0.6) is 11.5 Å². The molecule has 20 heavy (non-hydrogen) atoms. The van der Waals surface area contributed by atoms with Gasteiger partial charge in [-0.05, 0) is 12.1 Å². The summed E-state index contributed by atoms with van der Waals surface area (Å²) >= 11 is 0.726. The zero-order chi connectivity index (χ0) is 14.7. The number of amides is 2. The van der Waals surface area contributed by atoms with Crippen molar-refractivity contribution in [1.82, 2.24) is 5.32 Å². The van der Waals surface area contributed by atoms with E-state index in [-0.39, 0.29) is 23.5 Å². The number of phenols is 1. The highest BCUT2D eigenvalue weighted by Gasteiger charge is 2.33. The molecule has 1 heterocycles. The topological polar surface area (TPSA) is 110 Å². The fourth-order valence-electron chi connectivity index (χ4n) is 1.54. The molecule has 8 heteroatoms. The van der Waals surface area contributed by atoms with Crippen LogP contribution in [0, 0.1) is 0 Å². The van der Waals surface area contributed by atoms with Crippen LogP contribution in [-0.2, 0) is 9.59 Å². The van der Waals surface area contributed by atoms with E-state index >= 15 is 0 Å². The monoisotopic (exact) mass is 295 g/mol. The zero-order valence-electron chi connectivity index (χ0n) is 9.99. The molecule has 0 spiro atoms. The number of esters is 1. The fourth-order valence-corrected chi connectivity index (χ4v) is 2.34. The number of rotatable bonds is 4. The third-order valence-corrected chi connectivity index (χ3v) is 3.46. The van der Waals surface area contributed by atoms with Gasteiger partial charge in [0.15, 0.2) is 6.29 Å². The Morgan fingerprint density at radius 3 is 2.75 bits per heavy atom. The van der Waals surface area contributed by atoms with Crippen molar-refractivity contribution >= 4 is 35.2 Å². The van der Waals surface area contributed by atoms with E-state index in [0.29, 0.717) is 6.29 Å². The highest BCUT2D eigenvalue weighted by Crippen LogP contribution is 2.25. The Morgan fingerprint density at radius 2 is 2.20 bits per heavy atom. The standard InChI is InChI=1S/C12H9NO6S/c14-5-6-1-2-7(3-8(6)15)19-10(16)4-9-11(17)13-12(18)20-9/h1-3,5,9,15H,4H2,(H,13,17,18). The Balaban J connectivity index is 1.98. The van der Waals surface area contributed by atoms with E-state index in [0.717, 1.165) is 17.8 Å². The van der Waals surface area contributed by atoms with E-state index in [1.807, 2.05) is 0 Å². The van der Waals surface area contributed by atoms with Crippen LogP contribution in [0.1, 0.15) is 16.8 Å². The maximum absolute atomic E-state index is 11.6. The number of hydrogen-bond donors (Lipinski definition) is 2. The number of carbonyl (C=O) groups excluding carboxylic acids is 4. The first-order chi connectivity index (χ1) is 9.49. The summed E-state index contributed by atoms with van der Waals surface area (Å²) in [5, 5.41) is 10.2. The second-order valence-corrected chi connectivity index (χ2v) is 5.08. The molecule has 104 valence electrons. The predicted molar refractivity (Wildman–Crippen MR) is 68.7 cm³/mol. The van der Waals surface area contributed by atoms with Gasteiger partial charge in [0.2, 0.25) is 5.91 Å². The van der Waals surface area contributed by atoms with Gasteiger partial charge in [-0.15, -0.1) is 0 Å². The van der Waals surface area contributed by atoms with E-state index in [1.165, 1.54) is 12.1 Å². The molecule has 0 aliphatic carbocycles. The average Bonchev–Trinajstić information content (AvgIpc) is 2.68. The first kappa shape index (κ1) is 14.1. The van der Waals surface area contributed by atoms with Crippen molar-refractivity contribution in [3.8, 4) is 11.5 Å². The van der Waals surface area contributed by atoms with Crippen molar-refractivity contribution in [2.75, 3.05) is 0 Å². The van der Waals surface area contributed by atoms with Gasteiger partial charge in [-0.1, -0.05) is 11.8 Å². The molecule has 1 aromatic carbocycles. The van der Waals surface area contributed by atoms with Crippen LogP contribution in [0.3, 0.4) is 0 Å². The molecule has 0 radical (unpaired) electrons. The quantitative estimate of drug-likeness (QED) is 0.481. The minimum absolute atomic E-state index is 0.0489. The minimum Gasteiger partial charge on any atom is -0.507 e. The SMILES string of the molecule is O=Cc1ccc(OC(=O)CC2SC(=O)NC2=O)cc1O. The van der Waals surface area contributed by atoms with E-state index in [4.69, 9.17) is 4.74 Å². The summed E-state index contributed by atoms with van der Waals surface area (Å²) in [7, 11) is 0. The van der Waals surface area contributed by atoms with Crippen molar-refractivity contribution in [2.45, 2.75) is 11.7 Å². The number of aldehydes is 1. The van der Waals surface area contributed by atoms with Crippen molar-refractivity contribution in [2.24, 2.45) is 0 Å². The number of benzene rings is 1. The summed E-state index contributed by atoms with van der Waals surface area (Å²) in [4.78, 5) is 44.3. The maximum atomic E-state index is 11.6. The number of thioether (sulfide) groups is 1. The highest BCUT2D eigenvalue weighted by molar-refractivity contribution is 8.15. The molecule has 1 atom stereocenters. The van der Waals surface area contributed by atoms with Gasteiger partial charge in [0.05, 0.1) is 12.0 Å². The van der Waals surface area contributed by atoms with Gasteiger partial charge in [-0.3, -0.25) is 24.5 Å². The lowest BCUT2D eigenvalue weighted by atomic mass is 10.2. The van der Waals surface area contributed by atoms with E-state index in [1.54, 1.807) is 0 Å². The normalized spacial score (nSPS) is 17.7. The number of phenolic OH excluding ortho intramolecular Hbond substituents is 1. The molecule has 2 rings (SSSR count). The Hall–Kier alpha value is -2.35. The predicted octanol–water partition coefficient (Wildman–Crippen LogP) is 0.852. The Kier molecular flexibility index (Phi) is 4.04. The van der Waals surface area contributed by atoms with E-state index in [9.17, 15) is 24.3 Å². The molecule has 0 aromatic heterocycles. The van der Waals surface area contributed by atoms with Crippen molar-refractivity contribution in [3.05, 3.63) is 23.8 Å². The summed E-state index contributed by atoms with van der Waals surface area (Å²) in [6.45, 7) is 0. The van der Waals surface area contributed by atoms with Crippen LogP contribution < -0.4 is 10.1 Å². The summed E-state index contributed by atoms with van der Waals surface area (Å²) < 4.78 is 4.92. The van der Waals surface area contributed by atoms with E-state index in [2.05, 4.69) is 5.32 Å². The first-order valence-electron chi connectivity index (χ1n) is 5.50. The third-order valence-electron chi connectivity index (χ3n) is 2.48. The van der Waals surface area contributed by atoms with Gasteiger partial charge < -0.3 is 9.84 Å². The number of aromatic hydroxyl groups is 1. The van der Waals surface area contributed by atoms with Crippen LogP contribution in [0.25, 0.3) is 0 Å². The molecule has 2 amide bonds. The Labute approximate surface area is 117 Å². The lowest BCUT2D eigenvalue weighted by Gasteiger charge is -2.07. The minimum atomic E-state index is -0.808. The maximum Gasteiger partial charge on any atom is 0.312 e. The largest absolute Gasteiger partial charge is 0.507 e. The highest BCUT2D eigenvalue weighted by atomic mass is 32.2. The molecule has 1 unspecified atom stereocenters. The second-order valence-electron chi connectivity index (χ2n) is 3.90. The van der Waals surface area contributed by atoms with Gasteiger partial charge >= 0.3 is 5.97 Å². The Bertz CT molecular complexity index is 600. The van der Waals surface area contributed by atoms with Crippen molar-refractivity contribution < 1.29 is 29.0 Å². The third kappa shape index (κ3) is 3.15. The van der Waals surface area contributed by atoms with Gasteiger partial charge in [0, 0.05) is 6.07 Å². The van der Waals surface area contributed by atoms with Crippen LogP contribution >= 0.6 is 11.8 Å². The summed E-state index contributed by atoms with van der Waals surface area (Å²) in [6.07, 6.45) is 0.199. The summed E-state index contributed by atoms with van der Waals surface area (Å²) in [5.74, 6) is -1.51. The van der Waals surface area contributed by atoms with Gasteiger partial charge in [0.1, 0.15) is 16.7 Å². The summed E-state index contributed by atoms with van der Waals surface area (Å²) in [6, 6.07) is 3.76. The number of carbonyl (C=O) groups is 4. The molecule has 1 fully saturated rings. The fraction of sp³-hybridized carbons (Fsp3) is 0.167. The molecule has 1 saturated heterocycles. The summed E-state index contributed by atoms with van der Waals surface area (Å²) in [5.41, 5.74) is 0.0705. The molecule has 0 bridgehead atoms. The molecule has 1 aliphatic heterocycles. The number of imide groups is 1. The van der Waals surface area contributed by atoms with Crippen molar-refractivity contribution in [3.63, 3.8) is 0 Å². The molecule has 0 saturated carbocycles. The van der Waals surface area contributed by atoms with Gasteiger partial charge in [-0.25, -0.2) is 0 Å². The molecular formula is C12H9NO6S. The molecule has 1 aliphatic rings. The van der Waals surface area contributed by atoms with Crippen LogP contribution in [0.4, 0.5) is 4.79 Å². The van der Waals surface area contributed by atoms with Crippen LogP contribution in [-0.4, -0.2) is 33.8 Å². The van der Waals surface area contributed by atoms with Crippen molar-refractivity contribution in [1.29, 1.82) is 0 Å². The first-order valence-corrected chi connectivity index (χ1v) is 6.38. The van der Waals surface area contributed by atoms with Gasteiger partial charge in [0.25, 0.3) is 5.24 Å². The Morgan fingerprint density at radius 1 is 1.45 bits per heavy atom. The number of hydrogen-bond acceptors (Lipinski definition) is 7. The van der Waals surface area contributed by atoms with E-state index < -0.39 is 22.4 Å². The number of nitrogens with one attached hydrogen (secondary N) is 1. The number of ether oxygens (including phenoxy) is 1.